The zero-order valence-electron chi connectivity index (χ0n) is 18.1. The van der Waals surface area contributed by atoms with Crippen LogP contribution in [0.1, 0.15) is 21.6 Å². The topological polar surface area (TPSA) is 78.3 Å². The maximum Gasteiger partial charge on any atom is 0.260 e. The molecule has 7 nitrogen and oxygen atoms in total. The number of nitrogens with zero attached hydrogens (tertiary/aromatic N) is 3. The summed E-state index contributed by atoms with van der Waals surface area (Å²) in [6, 6.07) is 14.5. The number of halogens is 2. The normalized spacial score (nSPS) is 10.7. The van der Waals surface area contributed by atoms with Crippen LogP contribution in [0, 0.1) is 19.7 Å². The minimum absolute atomic E-state index is 0.121. The average molecular weight is 467 g/mol. The second kappa shape index (κ2) is 9.30. The molecule has 2 aromatic heterocycles. The molecule has 4 aromatic rings. The zero-order chi connectivity index (χ0) is 23.5. The second-order valence-corrected chi connectivity index (χ2v) is 7.59. The Kier molecular flexibility index (Phi) is 6.28. The Balaban J connectivity index is 1.50. The molecule has 2 aromatic carbocycles. The summed E-state index contributed by atoms with van der Waals surface area (Å²) in [5, 5.41) is 7.19. The predicted octanol–water partition coefficient (Wildman–Crippen LogP) is 5.73. The van der Waals surface area contributed by atoms with E-state index in [9.17, 15) is 9.18 Å². The Morgan fingerprint density at radius 1 is 1.06 bits per heavy atom. The van der Waals surface area contributed by atoms with Crippen molar-refractivity contribution >= 4 is 23.2 Å². The lowest BCUT2D eigenvalue weighted by Gasteiger charge is -2.11. The molecule has 9 heteroatoms. The van der Waals surface area contributed by atoms with Crippen molar-refractivity contribution in [1.82, 2.24) is 14.8 Å². The minimum atomic E-state index is -0.443. The standard InChI is InChI=1S/C24H20ClFN4O3/c1-14-4-10-19(20(12-14)32-3)33-21-11-7-17(13-27-21)28-24(31)22-15(2)29-30(23(22)25)18-8-5-16(26)6-9-18/h4-13H,1-3H3,(H,28,31). The van der Waals surface area contributed by atoms with Crippen LogP contribution in [0.15, 0.2) is 60.8 Å². The number of rotatable bonds is 6. The average Bonchev–Trinajstić information content (AvgIpc) is 3.10. The van der Waals surface area contributed by atoms with Crippen LogP contribution < -0.4 is 14.8 Å². The van der Waals surface area contributed by atoms with Gasteiger partial charge in [-0.25, -0.2) is 14.1 Å². The lowest BCUT2D eigenvalue weighted by molar-refractivity contribution is 0.102. The van der Waals surface area contributed by atoms with Crippen LogP contribution in [0.3, 0.4) is 0 Å². The molecule has 0 aliphatic rings. The van der Waals surface area contributed by atoms with E-state index in [4.69, 9.17) is 21.1 Å². The van der Waals surface area contributed by atoms with E-state index in [0.717, 1.165) is 5.56 Å². The number of carbonyl (C=O) groups is 1. The van der Waals surface area contributed by atoms with E-state index in [1.807, 2.05) is 19.1 Å². The van der Waals surface area contributed by atoms with Gasteiger partial charge in [-0.05, 0) is 61.9 Å². The summed E-state index contributed by atoms with van der Waals surface area (Å²) in [6.45, 7) is 3.63. The predicted molar refractivity (Wildman–Crippen MR) is 123 cm³/mol. The van der Waals surface area contributed by atoms with E-state index >= 15 is 0 Å². The maximum atomic E-state index is 13.2. The molecule has 2 heterocycles. The molecule has 0 spiro atoms. The zero-order valence-corrected chi connectivity index (χ0v) is 18.9. The molecule has 168 valence electrons. The molecule has 0 fully saturated rings. The van der Waals surface area contributed by atoms with Crippen LogP contribution in [0.2, 0.25) is 5.15 Å². The summed E-state index contributed by atoms with van der Waals surface area (Å²) < 4.78 is 25.7. The number of nitrogens with one attached hydrogen (secondary N) is 1. The molecule has 0 unspecified atom stereocenters. The van der Waals surface area contributed by atoms with Crippen LogP contribution in [0.4, 0.5) is 10.1 Å². The fraction of sp³-hybridized carbons (Fsp3) is 0.125. The highest BCUT2D eigenvalue weighted by atomic mass is 35.5. The Hall–Kier alpha value is -3.91. The van der Waals surface area contributed by atoms with Gasteiger partial charge in [-0.1, -0.05) is 17.7 Å². The van der Waals surface area contributed by atoms with E-state index in [0.29, 0.717) is 34.4 Å². The number of anilines is 1. The van der Waals surface area contributed by atoms with Gasteiger partial charge < -0.3 is 14.8 Å². The number of aryl methyl sites for hydroxylation is 2. The van der Waals surface area contributed by atoms with Crippen molar-refractivity contribution in [1.29, 1.82) is 0 Å². The molecule has 0 aliphatic heterocycles. The van der Waals surface area contributed by atoms with E-state index in [1.165, 1.54) is 35.1 Å². The number of amides is 1. The summed E-state index contributed by atoms with van der Waals surface area (Å²) in [6.07, 6.45) is 1.47. The SMILES string of the molecule is COc1cc(C)ccc1Oc1ccc(NC(=O)c2c(C)nn(-c3ccc(F)cc3)c2Cl)cn1. The Labute approximate surface area is 194 Å². The molecular formula is C24H20ClFN4O3. The first kappa shape index (κ1) is 22.3. The fourth-order valence-corrected chi connectivity index (χ4v) is 3.55. The Bertz CT molecular complexity index is 1300. The molecule has 33 heavy (non-hydrogen) atoms. The molecule has 0 saturated heterocycles. The minimum Gasteiger partial charge on any atom is -0.493 e. The lowest BCUT2D eigenvalue weighted by Crippen LogP contribution is -2.13. The molecule has 1 amide bonds. The molecule has 0 aliphatic carbocycles. The second-order valence-electron chi connectivity index (χ2n) is 7.24. The van der Waals surface area contributed by atoms with Gasteiger partial charge in [0.1, 0.15) is 16.5 Å². The molecule has 0 radical (unpaired) electrons. The van der Waals surface area contributed by atoms with E-state index in [1.54, 1.807) is 32.2 Å². The first-order valence-electron chi connectivity index (χ1n) is 9.96. The monoisotopic (exact) mass is 466 g/mol. The van der Waals surface area contributed by atoms with Gasteiger partial charge in [-0.3, -0.25) is 4.79 Å². The largest absolute Gasteiger partial charge is 0.493 e. The van der Waals surface area contributed by atoms with Gasteiger partial charge in [0.05, 0.1) is 30.4 Å². The number of hydrogen-bond donors (Lipinski definition) is 1. The third-order valence-electron chi connectivity index (χ3n) is 4.83. The maximum absolute atomic E-state index is 13.2. The summed E-state index contributed by atoms with van der Waals surface area (Å²) in [7, 11) is 1.57. The molecule has 0 saturated carbocycles. The Morgan fingerprint density at radius 2 is 1.82 bits per heavy atom. The van der Waals surface area contributed by atoms with Crippen LogP contribution in [0.25, 0.3) is 5.69 Å². The van der Waals surface area contributed by atoms with Crippen molar-refractivity contribution in [2.45, 2.75) is 13.8 Å². The van der Waals surface area contributed by atoms with Gasteiger partial charge in [0.25, 0.3) is 5.91 Å². The third kappa shape index (κ3) is 4.80. The number of ether oxygens (including phenoxy) is 2. The summed E-state index contributed by atoms with van der Waals surface area (Å²) in [4.78, 5) is 17.1. The highest BCUT2D eigenvalue weighted by Crippen LogP contribution is 2.32. The summed E-state index contributed by atoms with van der Waals surface area (Å²) in [5.41, 5.74) is 2.68. The van der Waals surface area contributed by atoms with Crippen molar-refractivity contribution in [2.24, 2.45) is 0 Å². The van der Waals surface area contributed by atoms with Crippen molar-refractivity contribution in [3.8, 4) is 23.1 Å². The highest BCUT2D eigenvalue weighted by molar-refractivity contribution is 6.34. The van der Waals surface area contributed by atoms with Crippen molar-refractivity contribution in [3.05, 3.63) is 88.6 Å². The van der Waals surface area contributed by atoms with Crippen molar-refractivity contribution in [2.75, 3.05) is 12.4 Å². The molecular weight excluding hydrogens is 447 g/mol. The fourth-order valence-electron chi connectivity index (χ4n) is 3.19. The van der Waals surface area contributed by atoms with Gasteiger partial charge in [-0.2, -0.15) is 5.10 Å². The van der Waals surface area contributed by atoms with Crippen LogP contribution in [0.5, 0.6) is 17.4 Å². The van der Waals surface area contributed by atoms with E-state index < -0.39 is 5.91 Å². The summed E-state index contributed by atoms with van der Waals surface area (Å²) >= 11 is 6.42. The first-order chi connectivity index (χ1) is 15.9. The molecule has 0 bridgehead atoms. The molecule has 4 rings (SSSR count). The van der Waals surface area contributed by atoms with Crippen LogP contribution >= 0.6 is 11.6 Å². The smallest absolute Gasteiger partial charge is 0.260 e. The number of methoxy groups -OCH3 is 1. The van der Waals surface area contributed by atoms with Gasteiger partial charge in [0.15, 0.2) is 11.5 Å². The molecule has 0 atom stereocenters. The quantitative estimate of drug-likeness (QED) is 0.392. The van der Waals surface area contributed by atoms with E-state index in [-0.39, 0.29) is 16.5 Å². The lowest BCUT2D eigenvalue weighted by atomic mass is 10.2. The third-order valence-corrected chi connectivity index (χ3v) is 5.18. The van der Waals surface area contributed by atoms with Crippen LogP contribution in [-0.4, -0.2) is 27.8 Å². The highest BCUT2D eigenvalue weighted by Gasteiger charge is 2.21. The number of hydrogen-bond acceptors (Lipinski definition) is 5. The van der Waals surface area contributed by atoms with Gasteiger partial charge in [0.2, 0.25) is 5.88 Å². The van der Waals surface area contributed by atoms with Crippen LogP contribution in [-0.2, 0) is 0 Å². The van der Waals surface area contributed by atoms with E-state index in [2.05, 4.69) is 15.4 Å². The first-order valence-corrected chi connectivity index (χ1v) is 10.3. The number of carbonyl (C=O) groups excluding carboxylic acids is 1. The van der Waals surface area contributed by atoms with Gasteiger partial charge >= 0.3 is 0 Å². The number of pyridine rings is 1. The number of aromatic nitrogens is 3. The summed E-state index contributed by atoms with van der Waals surface area (Å²) in [5.74, 6) is 0.646. The Morgan fingerprint density at radius 3 is 2.48 bits per heavy atom. The van der Waals surface area contributed by atoms with Gasteiger partial charge in [-0.15, -0.1) is 0 Å². The van der Waals surface area contributed by atoms with Crippen molar-refractivity contribution in [3.63, 3.8) is 0 Å². The number of benzene rings is 2. The van der Waals surface area contributed by atoms with Gasteiger partial charge in [0, 0.05) is 6.07 Å². The molecule has 1 N–H and O–H groups in total. The van der Waals surface area contributed by atoms with Crippen molar-refractivity contribution < 1.29 is 18.7 Å².